The zero-order valence-electron chi connectivity index (χ0n) is 11.5. The Morgan fingerprint density at radius 3 is 2.41 bits per heavy atom. The molecule has 5 heteroatoms. The lowest BCUT2D eigenvalue weighted by molar-refractivity contribution is 0.594. The summed E-state index contributed by atoms with van der Waals surface area (Å²) in [5, 5.41) is 0. The summed E-state index contributed by atoms with van der Waals surface area (Å²) in [5.74, 6) is -0.714. The molecule has 0 radical (unpaired) electrons. The normalized spacial score (nSPS) is 10.6. The summed E-state index contributed by atoms with van der Waals surface area (Å²) < 4.78 is 27.8. The molecular weight excluding hydrogens is 286 g/mol. The maximum Gasteiger partial charge on any atom is 0.254 e. The van der Waals surface area contributed by atoms with E-state index in [1.165, 1.54) is 35.2 Å². The van der Waals surface area contributed by atoms with E-state index in [2.05, 4.69) is 4.98 Å². The van der Waals surface area contributed by atoms with Crippen LogP contribution in [0.2, 0.25) is 0 Å². The Morgan fingerprint density at radius 1 is 1.00 bits per heavy atom. The van der Waals surface area contributed by atoms with Crippen molar-refractivity contribution in [3.8, 4) is 11.3 Å². The van der Waals surface area contributed by atoms with Crippen molar-refractivity contribution in [2.75, 3.05) is 0 Å². The third-order valence-electron chi connectivity index (χ3n) is 3.32. The van der Waals surface area contributed by atoms with Crippen LogP contribution in [-0.2, 0) is 6.54 Å². The molecule has 0 saturated heterocycles. The fourth-order valence-corrected chi connectivity index (χ4v) is 2.13. The molecule has 0 amide bonds. The second-order valence-corrected chi connectivity index (χ2v) is 4.84. The molecule has 0 aliphatic heterocycles. The van der Waals surface area contributed by atoms with Gasteiger partial charge in [-0.2, -0.15) is 0 Å². The Bertz CT molecular complexity index is 857. The van der Waals surface area contributed by atoms with Crippen LogP contribution in [0.1, 0.15) is 5.56 Å². The van der Waals surface area contributed by atoms with Crippen LogP contribution in [0.25, 0.3) is 11.3 Å². The molecule has 110 valence electrons. The van der Waals surface area contributed by atoms with Crippen LogP contribution in [0.5, 0.6) is 0 Å². The summed E-state index contributed by atoms with van der Waals surface area (Å²) in [6, 6.07) is 13.4. The molecule has 3 rings (SSSR count). The maximum absolute atomic E-state index is 13.6. The smallest absolute Gasteiger partial charge is 0.254 e. The molecule has 3 aromatic rings. The van der Waals surface area contributed by atoms with Crippen molar-refractivity contribution in [1.82, 2.24) is 9.55 Å². The van der Waals surface area contributed by atoms with Crippen LogP contribution in [0.4, 0.5) is 8.78 Å². The highest BCUT2D eigenvalue weighted by atomic mass is 19.1. The Labute approximate surface area is 125 Å². The number of benzene rings is 2. The second-order valence-electron chi connectivity index (χ2n) is 4.84. The van der Waals surface area contributed by atoms with E-state index in [1.807, 2.05) is 0 Å². The predicted octanol–water partition coefficient (Wildman–Crippen LogP) is 3.24. The molecule has 22 heavy (non-hydrogen) atoms. The van der Waals surface area contributed by atoms with Gasteiger partial charge < -0.3 is 0 Å². The third kappa shape index (κ3) is 2.93. The minimum Gasteiger partial charge on any atom is -0.295 e. The van der Waals surface area contributed by atoms with Crippen molar-refractivity contribution < 1.29 is 8.78 Å². The molecule has 0 saturated carbocycles. The molecule has 0 aliphatic carbocycles. The van der Waals surface area contributed by atoms with Gasteiger partial charge in [-0.3, -0.25) is 9.36 Å². The molecule has 0 N–H and O–H groups in total. The predicted molar refractivity (Wildman–Crippen MR) is 79.4 cm³/mol. The number of halogens is 2. The van der Waals surface area contributed by atoms with Gasteiger partial charge in [0.25, 0.3) is 5.56 Å². The third-order valence-corrected chi connectivity index (χ3v) is 3.32. The number of hydrogen-bond acceptors (Lipinski definition) is 2. The number of aromatic nitrogens is 2. The summed E-state index contributed by atoms with van der Waals surface area (Å²) >= 11 is 0. The van der Waals surface area contributed by atoms with E-state index in [0.29, 0.717) is 16.8 Å². The van der Waals surface area contributed by atoms with E-state index in [4.69, 9.17) is 0 Å². The van der Waals surface area contributed by atoms with Gasteiger partial charge in [0.15, 0.2) is 0 Å². The first kappa shape index (κ1) is 14.1. The van der Waals surface area contributed by atoms with Gasteiger partial charge in [-0.25, -0.2) is 13.8 Å². The monoisotopic (exact) mass is 298 g/mol. The zero-order chi connectivity index (χ0) is 15.5. The van der Waals surface area contributed by atoms with Crippen molar-refractivity contribution in [2.45, 2.75) is 6.54 Å². The molecular formula is C17H12F2N2O. The Hall–Kier alpha value is -2.82. The van der Waals surface area contributed by atoms with Crippen LogP contribution < -0.4 is 5.56 Å². The van der Waals surface area contributed by atoms with Gasteiger partial charge in [0.1, 0.15) is 11.6 Å². The van der Waals surface area contributed by atoms with E-state index in [9.17, 15) is 13.6 Å². The average Bonchev–Trinajstić information content (AvgIpc) is 2.52. The highest BCUT2D eigenvalue weighted by Crippen LogP contribution is 2.15. The van der Waals surface area contributed by atoms with Crippen LogP contribution in [0, 0.1) is 11.6 Å². The molecule has 3 nitrogen and oxygen atoms in total. The van der Waals surface area contributed by atoms with Crippen molar-refractivity contribution >= 4 is 0 Å². The number of hydrogen-bond donors (Lipinski definition) is 0. The van der Waals surface area contributed by atoms with Crippen molar-refractivity contribution in [2.24, 2.45) is 0 Å². The molecule has 1 aromatic heterocycles. The molecule has 0 atom stereocenters. The van der Waals surface area contributed by atoms with Crippen LogP contribution in [0.15, 0.2) is 65.7 Å². The van der Waals surface area contributed by atoms with Crippen molar-refractivity contribution in [3.63, 3.8) is 0 Å². The van der Waals surface area contributed by atoms with Gasteiger partial charge in [0, 0.05) is 17.2 Å². The molecule has 2 aromatic carbocycles. The number of rotatable bonds is 3. The van der Waals surface area contributed by atoms with Gasteiger partial charge >= 0.3 is 0 Å². The fraction of sp³-hybridized carbons (Fsp3) is 0.0588. The highest BCUT2D eigenvalue weighted by molar-refractivity contribution is 5.57. The van der Waals surface area contributed by atoms with Crippen LogP contribution in [-0.4, -0.2) is 9.55 Å². The Balaban J connectivity index is 1.91. The van der Waals surface area contributed by atoms with Crippen molar-refractivity contribution in [1.29, 1.82) is 0 Å². The molecule has 0 bridgehead atoms. The minimum absolute atomic E-state index is 0.113. The largest absolute Gasteiger partial charge is 0.295 e. The first-order chi connectivity index (χ1) is 10.6. The Morgan fingerprint density at radius 2 is 1.73 bits per heavy atom. The fourth-order valence-electron chi connectivity index (χ4n) is 2.13. The van der Waals surface area contributed by atoms with E-state index < -0.39 is 0 Å². The SMILES string of the molecule is O=c1cc(-c2ccc(F)cc2)ncn1Cc1ccccc1F. The van der Waals surface area contributed by atoms with E-state index in [0.717, 1.165) is 0 Å². The topological polar surface area (TPSA) is 34.9 Å². The van der Waals surface area contributed by atoms with Crippen molar-refractivity contribution in [3.05, 3.63) is 88.5 Å². The first-order valence-corrected chi connectivity index (χ1v) is 6.69. The minimum atomic E-state index is -0.364. The van der Waals surface area contributed by atoms with E-state index in [1.54, 1.807) is 30.3 Å². The van der Waals surface area contributed by atoms with Gasteiger partial charge in [0.2, 0.25) is 0 Å². The number of nitrogens with zero attached hydrogens (tertiary/aromatic N) is 2. The van der Waals surface area contributed by atoms with Gasteiger partial charge in [-0.1, -0.05) is 18.2 Å². The summed E-state index contributed by atoms with van der Waals surface area (Å²) in [6.45, 7) is 0.113. The summed E-state index contributed by atoms with van der Waals surface area (Å²) in [6.07, 6.45) is 1.37. The average molecular weight is 298 g/mol. The molecule has 0 unspecified atom stereocenters. The zero-order valence-corrected chi connectivity index (χ0v) is 11.5. The summed E-state index contributed by atoms with van der Waals surface area (Å²) in [7, 11) is 0. The lowest BCUT2D eigenvalue weighted by Gasteiger charge is -2.07. The Kier molecular flexibility index (Phi) is 3.78. The van der Waals surface area contributed by atoms with Gasteiger partial charge in [-0.15, -0.1) is 0 Å². The van der Waals surface area contributed by atoms with Crippen LogP contribution in [0.3, 0.4) is 0 Å². The lowest BCUT2D eigenvalue weighted by Crippen LogP contribution is -2.20. The van der Waals surface area contributed by atoms with E-state index in [-0.39, 0.29) is 23.7 Å². The molecule has 1 heterocycles. The van der Waals surface area contributed by atoms with Crippen LogP contribution >= 0.6 is 0 Å². The lowest BCUT2D eigenvalue weighted by atomic mass is 10.1. The standard InChI is InChI=1S/C17H12F2N2O/c18-14-7-5-12(6-8-14)16-9-17(22)21(11-20-16)10-13-3-1-2-4-15(13)19/h1-9,11H,10H2. The summed E-state index contributed by atoms with van der Waals surface area (Å²) in [4.78, 5) is 16.3. The van der Waals surface area contributed by atoms with Gasteiger partial charge in [-0.05, 0) is 30.3 Å². The molecule has 0 aliphatic rings. The first-order valence-electron chi connectivity index (χ1n) is 6.69. The second kappa shape index (κ2) is 5.89. The highest BCUT2D eigenvalue weighted by Gasteiger charge is 2.06. The maximum atomic E-state index is 13.6. The quantitative estimate of drug-likeness (QED) is 0.744. The molecule has 0 fully saturated rings. The van der Waals surface area contributed by atoms with E-state index >= 15 is 0 Å². The van der Waals surface area contributed by atoms with Gasteiger partial charge in [0.05, 0.1) is 18.6 Å². The summed E-state index contributed by atoms with van der Waals surface area (Å²) in [5.41, 5.74) is 1.23. The molecule has 0 spiro atoms.